The van der Waals surface area contributed by atoms with Crippen molar-refractivity contribution in [1.29, 1.82) is 0 Å². The van der Waals surface area contributed by atoms with Gasteiger partial charge in [-0.3, -0.25) is 9.78 Å². The summed E-state index contributed by atoms with van der Waals surface area (Å²) in [4.78, 5) is 15.1. The fraction of sp³-hybridized carbons (Fsp3) is 0.538. The summed E-state index contributed by atoms with van der Waals surface area (Å²) in [6.07, 6.45) is -1.54. The first-order valence-corrected chi connectivity index (χ1v) is 6.49. The molecule has 4 nitrogen and oxygen atoms in total. The molecule has 0 unspecified atom stereocenters. The van der Waals surface area contributed by atoms with Gasteiger partial charge in [0, 0.05) is 12.7 Å². The Morgan fingerprint density at radius 2 is 2.05 bits per heavy atom. The molecule has 0 spiro atoms. The Morgan fingerprint density at radius 1 is 1.35 bits per heavy atom. The molecule has 2 N–H and O–H groups in total. The highest BCUT2D eigenvalue weighted by Crippen LogP contribution is 2.27. The molecule has 110 valence electrons. The lowest BCUT2D eigenvalue weighted by atomic mass is 9.98. The molecule has 0 aromatic carbocycles. The molecule has 0 radical (unpaired) electrons. The van der Waals surface area contributed by atoms with Gasteiger partial charge in [-0.2, -0.15) is 13.2 Å². The summed E-state index contributed by atoms with van der Waals surface area (Å²) in [5, 5.41) is 5.96. The first-order chi connectivity index (χ1) is 9.47. The van der Waals surface area contributed by atoms with Gasteiger partial charge in [-0.15, -0.1) is 0 Å². The second-order valence-corrected chi connectivity index (χ2v) is 4.83. The van der Waals surface area contributed by atoms with Crippen molar-refractivity contribution >= 4 is 5.91 Å². The minimum atomic E-state index is -4.48. The van der Waals surface area contributed by atoms with E-state index in [4.69, 9.17) is 0 Å². The van der Waals surface area contributed by atoms with E-state index in [0.717, 1.165) is 44.3 Å². The zero-order valence-electron chi connectivity index (χ0n) is 10.8. The van der Waals surface area contributed by atoms with Gasteiger partial charge in [-0.25, -0.2) is 0 Å². The zero-order chi connectivity index (χ0) is 14.6. The topological polar surface area (TPSA) is 54.0 Å². The van der Waals surface area contributed by atoms with Gasteiger partial charge in [-0.1, -0.05) is 0 Å². The van der Waals surface area contributed by atoms with Gasteiger partial charge in [0.15, 0.2) is 0 Å². The third kappa shape index (κ3) is 3.93. The number of aromatic nitrogens is 1. The molecule has 1 amide bonds. The summed E-state index contributed by atoms with van der Waals surface area (Å²) >= 11 is 0. The first kappa shape index (κ1) is 14.8. The van der Waals surface area contributed by atoms with Crippen molar-refractivity contribution in [3.8, 4) is 0 Å². The summed E-state index contributed by atoms with van der Waals surface area (Å²) in [6.45, 7) is 2.41. The number of carbonyl (C=O) groups is 1. The molecule has 0 aliphatic carbocycles. The van der Waals surface area contributed by atoms with Crippen LogP contribution in [0.5, 0.6) is 0 Å². The largest absolute Gasteiger partial charge is 0.433 e. The van der Waals surface area contributed by atoms with Crippen molar-refractivity contribution in [2.45, 2.75) is 19.0 Å². The molecule has 0 saturated carbocycles. The lowest BCUT2D eigenvalue weighted by Gasteiger charge is -2.22. The van der Waals surface area contributed by atoms with Crippen LogP contribution >= 0.6 is 0 Å². The average molecular weight is 287 g/mol. The van der Waals surface area contributed by atoms with E-state index in [2.05, 4.69) is 15.6 Å². The summed E-state index contributed by atoms with van der Waals surface area (Å²) in [5.74, 6) is 0.0346. The van der Waals surface area contributed by atoms with Crippen molar-refractivity contribution in [1.82, 2.24) is 15.6 Å². The SMILES string of the molecule is O=C(NCC1CCNCC1)c1ccc(C(F)(F)F)nc1. The van der Waals surface area contributed by atoms with Crippen LogP contribution in [0.4, 0.5) is 13.2 Å². The maximum absolute atomic E-state index is 12.3. The summed E-state index contributed by atoms with van der Waals surface area (Å²) < 4.78 is 37.0. The van der Waals surface area contributed by atoms with Gasteiger partial charge in [0.05, 0.1) is 5.56 Å². The standard InChI is InChI=1S/C13H16F3N3O/c14-13(15,16)11-2-1-10(8-18-11)12(20)19-7-9-3-5-17-6-4-9/h1-2,8-9,17H,3-7H2,(H,19,20). The van der Waals surface area contributed by atoms with E-state index in [1.54, 1.807) is 0 Å². The van der Waals surface area contributed by atoms with Crippen LogP contribution in [0.25, 0.3) is 0 Å². The van der Waals surface area contributed by atoms with E-state index < -0.39 is 11.9 Å². The number of hydrogen-bond donors (Lipinski definition) is 2. The zero-order valence-corrected chi connectivity index (χ0v) is 10.8. The normalized spacial score (nSPS) is 16.9. The predicted molar refractivity (Wildman–Crippen MR) is 67.2 cm³/mol. The Bertz CT molecular complexity index is 453. The van der Waals surface area contributed by atoms with E-state index in [-0.39, 0.29) is 11.5 Å². The fourth-order valence-electron chi connectivity index (χ4n) is 2.12. The molecule has 7 heteroatoms. The number of nitrogens with zero attached hydrogens (tertiary/aromatic N) is 1. The number of rotatable bonds is 3. The number of piperidine rings is 1. The molecule has 1 fully saturated rings. The Balaban J connectivity index is 1.89. The second-order valence-electron chi connectivity index (χ2n) is 4.83. The van der Waals surface area contributed by atoms with Crippen LogP contribution in [0.1, 0.15) is 28.9 Å². The Labute approximate surface area is 114 Å². The van der Waals surface area contributed by atoms with Crippen molar-refractivity contribution < 1.29 is 18.0 Å². The van der Waals surface area contributed by atoms with Crippen molar-refractivity contribution in [2.24, 2.45) is 5.92 Å². The van der Waals surface area contributed by atoms with E-state index in [1.807, 2.05) is 0 Å². The highest BCUT2D eigenvalue weighted by Gasteiger charge is 2.32. The van der Waals surface area contributed by atoms with Crippen molar-refractivity contribution in [2.75, 3.05) is 19.6 Å². The highest BCUT2D eigenvalue weighted by atomic mass is 19.4. The molecule has 1 aliphatic heterocycles. The van der Waals surface area contributed by atoms with Crippen molar-refractivity contribution in [3.05, 3.63) is 29.6 Å². The molecule has 2 heterocycles. The molecular formula is C13H16F3N3O. The summed E-state index contributed by atoms with van der Waals surface area (Å²) in [5.41, 5.74) is -0.848. The van der Waals surface area contributed by atoms with Crippen LogP contribution in [0.15, 0.2) is 18.3 Å². The van der Waals surface area contributed by atoms with E-state index >= 15 is 0 Å². The quantitative estimate of drug-likeness (QED) is 0.892. The number of amides is 1. The second kappa shape index (κ2) is 6.21. The number of hydrogen-bond acceptors (Lipinski definition) is 3. The number of pyridine rings is 1. The van der Waals surface area contributed by atoms with Crippen LogP contribution in [0.2, 0.25) is 0 Å². The number of alkyl halides is 3. The lowest BCUT2D eigenvalue weighted by molar-refractivity contribution is -0.141. The fourth-order valence-corrected chi connectivity index (χ4v) is 2.12. The van der Waals surface area contributed by atoms with Gasteiger partial charge in [0.2, 0.25) is 0 Å². The number of nitrogens with one attached hydrogen (secondary N) is 2. The average Bonchev–Trinajstić information content (AvgIpc) is 2.45. The van der Waals surface area contributed by atoms with Gasteiger partial charge >= 0.3 is 6.18 Å². The van der Waals surface area contributed by atoms with Crippen LogP contribution < -0.4 is 10.6 Å². The predicted octanol–water partition coefficient (Wildman–Crippen LogP) is 1.83. The van der Waals surface area contributed by atoms with Gasteiger partial charge in [-0.05, 0) is 44.0 Å². The third-order valence-corrected chi connectivity index (χ3v) is 3.33. The maximum atomic E-state index is 12.3. The summed E-state index contributed by atoms with van der Waals surface area (Å²) in [7, 11) is 0. The Morgan fingerprint density at radius 3 is 2.60 bits per heavy atom. The molecule has 0 bridgehead atoms. The van der Waals surface area contributed by atoms with Crippen molar-refractivity contribution in [3.63, 3.8) is 0 Å². The molecule has 2 rings (SSSR count). The van der Waals surface area contributed by atoms with E-state index in [0.29, 0.717) is 12.5 Å². The lowest BCUT2D eigenvalue weighted by Crippen LogP contribution is -2.36. The highest BCUT2D eigenvalue weighted by molar-refractivity contribution is 5.93. The monoisotopic (exact) mass is 287 g/mol. The molecule has 1 saturated heterocycles. The Hall–Kier alpha value is -1.63. The number of halogens is 3. The molecule has 1 aliphatic rings. The molecule has 0 atom stereocenters. The third-order valence-electron chi connectivity index (χ3n) is 3.33. The van der Waals surface area contributed by atoms with Gasteiger partial charge < -0.3 is 10.6 Å². The minimum absolute atomic E-state index is 0.145. The van der Waals surface area contributed by atoms with E-state index in [9.17, 15) is 18.0 Å². The minimum Gasteiger partial charge on any atom is -0.352 e. The number of carbonyl (C=O) groups excluding carboxylic acids is 1. The maximum Gasteiger partial charge on any atom is 0.433 e. The summed E-state index contributed by atoms with van der Waals surface area (Å²) in [6, 6.07) is 1.97. The molecule has 1 aromatic rings. The van der Waals surface area contributed by atoms with E-state index in [1.165, 1.54) is 0 Å². The van der Waals surface area contributed by atoms with Crippen LogP contribution in [0, 0.1) is 5.92 Å². The Kier molecular flexibility index (Phi) is 4.59. The van der Waals surface area contributed by atoms with Crippen LogP contribution in [0.3, 0.4) is 0 Å². The first-order valence-electron chi connectivity index (χ1n) is 6.49. The molecular weight excluding hydrogens is 271 g/mol. The molecule has 20 heavy (non-hydrogen) atoms. The van der Waals surface area contributed by atoms with Gasteiger partial charge in [0.1, 0.15) is 5.69 Å². The smallest absolute Gasteiger partial charge is 0.352 e. The van der Waals surface area contributed by atoms with Crippen LogP contribution in [-0.4, -0.2) is 30.5 Å². The van der Waals surface area contributed by atoms with Crippen LogP contribution in [-0.2, 0) is 6.18 Å². The molecule has 1 aromatic heterocycles. The van der Waals surface area contributed by atoms with Gasteiger partial charge in [0.25, 0.3) is 5.91 Å².